The van der Waals surface area contributed by atoms with E-state index < -0.39 is 0 Å². The summed E-state index contributed by atoms with van der Waals surface area (Å²) in [5.41, 5.74) is 3.11. The second-order valence-corrected chi connectivity index (χ2v) is 7.30. The quantitative estimate of drug-likeness (QED) is 0.890. The predicted octanol–water partition coefficient (Wildman–Crippen LogP) is 3.29. The lowest BCUT2D eigenvalue weighted by Gasteiger charge is -2.37. The maximum Gasteiger partial charge on any atom is 0.0344 e. The summed E-state index contributed by atoms with van der Waals surface area (Å²) in [4.78, 5) is 2.67. The second kappa shape index (κ2) is 7.67. The monoisotopic (exact) mass is 323 g/mol. The highest BCUT2D eigenvalue weighted by Crippen LogP contribution is 2.27. The topological polar surface area (TPSA) is 27.3 Å². The zero-order valence-electron chi connectivity index (χ0n) is 13.9. The summed E-state index contributed by atoms with van der Waals surface area (Å²) < 4.78 is 0. The summed E-state index contributed by atoms with van der Waals surface area (Å²) in [7, 11) is 0. The molecule has 0 radical (unpaired) electrons. The molecule has 2 aliphatic rings. The third-order valence-electron chi connectivity index (χ3n) is 5.04. The minimum atomic E-state index is 0. The van der Waals surface area contributed by atoms with Gasteiger partial charge in [-0.1, -0.05) is 19.1 Å². The number of aryl methyl sites for hydroxylation is 1. The number of benzene rings is 1. The van der Waals surface area contributed by atoms with E-state index in [0.717, 1.165) is 0 Å². The third-order valence-corrected chi connectivity index (χ3v) is 5.04. The van der Waals surface area contributed by atoms with E-state index >= 15 is 0 Å². The number of anilines is 1. The molecule has 2 saturated heterocycles. The van der Waals surface area contributed by atoms with Crippen LogP contribution in [0.1, 0.15) is 31.7 Å². The van der Waals surface area contributed by atoms with E-state index in [4.69, 9.17) is 0 Å². The fraction of sp³-hybridized carbons (Fsp3) is 0.667. The first-order chi connectivity index (χ1) is 10.1. The van der Waals surface area contributed by atoms with Gasteiger partial charge in [-0.3, -0.25) is 0 Å². The van der Waals surface area contributed by atoms with Crippen molar-refractivity contribution in [1.29, 1.82) is 0 Å². The first-order valence-electron chi connectivity index (χ1n) is 8.39. The highest BCUT2D eigenvalue weighted by atomic mass is 35.5. The lowest BCUT2D eigenvalue weighted by Crippen LogP contribution is -2.44. The fourth-order valence-corrected chi connectivity index (χ4v) is 3.75. The van der Waals surface area contributed by atoms with Crippen LogP contribution in [0.2, 0.25) is 0 Å². The Kier molecular flexibility index (Phi) is 6.13. The summed E-state index contributed by atoms with van der Waals surface area (Å²) >= 11 is 0. The van der Waals surface area contributed by atoms with Gasteiger partial charge in [0, 0.05) is 37.9 Å². The van der Waals surface area contributed by atoms with Crippen LogP contribution in [0, 0.1) is 12.3 Å². The van der Waals surface area contributed by atoms with Crippen molar-refractivity contribution >= 4 is 18.1 Å². The maximum absolute atomic E-state index is 3.71. The minimum absolute atomic E-state index is 0. The largest absolute Gasteiger partial charge is 0.382 e. The number of hydrogen-bond acceptors (Lipinski definition) is 3. The van der Waals surface area contributed by atoms with Crippen LogP contribution in [0.15, 0.2) is 24.3 Å². The van der Waals surface area contributed by atoms with Crippen LogP contribution >= 0.6 is 12.4 Å². The summed E-state index contributed by atoms with van der Waals surface area (Å²) in [6.45, 7) is 10.7. The first-order valence-corrected chi connectivity index (χ1v) is 8.39. The van der Waals surface area contributed by atoms with Gasteiger partial charge in [-0.15, -0.1) is 12.4 Å². The number of nitrogens with one attached hydrogen (secondary N) is 2. The van der Waals surface area contributed by atoms with Crippen molar-refractivity contribution in [1.82, 2.24) is 10.2 Å². The van der Waals surface area contributed by atoms with Crippen LogP contribution in [0.4, 0.5) is 5.69 Å². The highest BCUT2D eigenvalue weighted by Gasteiger charge is 2.32. The second-order valence-electron chi connectivity index (χ2n) is 7.30. The molecule has 0 saturated carbocycles. The molecule has 0 bridgehead atoms. The van der Waals surface area contributed by atoms with E-state index in [-0.39, 0.29) is 12.4 Å². The Bertz CT molecular complexity index is 463. The van der Waals surface area contributed by atoms with Crippen LogP contribution in [0.5, 0.6) is 0 Å². The molecule has 1 aromatic rings. The molecule has 0 spiro atoms. The molecule has 2 heterocycles. The van der Waals surface area contributed by atoms with Crippen molar-refractivity contribution in [2.45, 2.75) is 39.2 Å². The maximum atomic E-state index is 3.71. The van der Waals surface area contributed by atoms with Crippen LogP contribution in [0.25, 0.3) is 0 Å². The molecule has 0 amide bonds. The Labute approximate surface area is 141 Å². The molecule has 0 aromatic heterocycles. The lowest BCUT2D eigenvalue weighted by atomic mass is 9.88. The zero-order valence-corrected chi connectivity index (χ0v) is 14.7. The van der Waals surface area contributed by atoms with Gasteiger partial charge in [0.2, 0.25) is 0 Å². The van der Waals surface area contributed by atoms with Gasteiger partial charge in [0.1, 0.15) is 0 Å². The molecule has 1 atom stereocenters. The molecule has 124 valence electrons. The fourth-order valence-electron chi connectivity index (χ4n) is 3.75. The molecule has 22 heavy (non-hydrogen) atoms. The molecule has 3 nitrogen and oxygen atoms in total. The van der Waals surface area contributed by atoms with E-state index in [2.05, 4.69) is 53.6 Å². The van der Waals surface area contributed by atoms with E-state index in [1.54, 1.807) is 0 Å². The van der Waals surface area contributed by atoms with Crippen molar-refractivity contribution in [2.75, 3.05) is 38.0 Å². The molecular formula is C18H30ClN3. The number of piperidine rings is 1. The van der Waals surface area contributed by atoms with Gasteiger partial charge in [0.25, 0.3) is 0 Å². The average Bonchev–Trinajstić information content (AvgIpc) is 2.88. The van der Waals surface area contributed by atoms with Crippen molar-refractivity contribution in [2.24, 2.45) is 5.41 Å². The smallest absolute Gasteiger partial charge is 0.0344 e. The van der Waals surface area contributed by atoms with Gasteiger partial charge in [-0.25, -0.2) is 0 Å². The summed E-state index contributed by atoms with van der Waals surface area (Å²) in [6, 6.07) is 9.37. The third kappa shape index (κ3) is 4.61. The number of rotatable bonds is 4. The van der Waals surface area contributed by atoms with Crippen LogP contribution < -0.4 is 10.6 Å². The average molecular weight is 324 g/mol. The van der Waals surface area contributed by atoms with Gasteiger partial charge >= 0.3 is 0 Å². The molecule has 1 unspecified atom stereocenters. The summed E-state index contributed by atoms with van der Waals surface area (Å²) in [5.74, 6) is 0. The number of nitrogens with zero attached hydrogens (tertiary/aromatic N) is 1. The molecule has 4 heteroatoms. The Balaban J connectivity index is 0.00000176. The van der Waals surface area contributed by atoms with Gasteiger partial charge in [0.15, 0.2) is 0 Å². The Morgan fingerprint density at radius 1 is 1.32 bits per heavy atom. The summed E-state index contributed by atoms with van der Waals surface area (Å²) in [5, 5.41) is 7.22. The van der Waals surface area contributed by atoms with E-state index in [0.29, 0.717) is 11.5 Å². The Morgan fingerprint density at radius 3 is 2.73 bits per heavy atom. The van der Waals surface area contributed by atoms with E-state index in [1.165, 1.54) is 63.2 Å². The van der Waals surface area contributed by atoms with Crippen molar-refractivity contribution < 1.29 is 0 Å². The molecule has 2 aliphatic heterocycles. The van der Waals surface area contributed by atoms with Crippen LogP contribution in [0.3, 0.4) is 0 Å². The zero-order chi connectivity index (χ0) is 14.7. The van der Waals surface area contributed by atoms with Crippen LogP contribution in [-0.4, -0.2) is 43.7 Å². The minimum Gasteiger partial charge on any atom is -0.382 e. The number of likely N-dealkylation sites (tertiary alicyclic amines) is 1. The Morgan fingerprint density at radius 2 is 2.09 bits per heavy atom. The standard InChI is InChI=1S/C18H29N3.ClH/c1-15-4-3-5-17(12-15)20-16-6-10-21(11-7-16)14-18(2)8-9-19-13-18;/h3-5,12,16,19-20H,6-11,13-14H2,1-2H3;1H. The molecule has 3 rings (SSSR count). The molecular weight excluding hydrogens is 294 g/mol. The molecule has 2 fully saturated rings. The number of halogens is 1. The van der Waals surface area contributed by atoms with Gasteiger partial charge in [0.05, 0.1) is 0 Å². The molecule has 0 aliphatic carbocycles. The normalized spacial score (nSPS) is 26.6. The van der Waals surface area contributed by atoms with Gasteiger partial charge < -0.3 is 15.5 Å². The van der Waals surface area contributed by atoms with Crippen molar-refractivity contribution in [3.8, 4) is 0 Å². The van der Waals surface area contributed by atoms with E-state index in [1.807, 2.05) is 0 Å². The number of hydrogen-bond donors (Lipinski definition) is 2. The molecule has 2 N–H and O–H groups in total. The molecule has 1 aromatic carbocycles. The van der Waals surface area contributed by atoms with Crippen LogP contribution in [-0.2, 0) is 0 Å². The van der Waals surface area contributed by atoms with E-state index in [9.17, 15) is 0 Å². The SMILES string of the molecule is Cc1cccc(NC2CCN(CC3(C)CCNC3)CC2)c1.Cl. The van der Waals surface area contributed by atoms with Crippen molar-refractivity contribution in [3.63, 3.8) is 0 Å². The van der Waals surface area contributed by atoms with Gasteiger partial charge in [-0.05, 0) is 55.8 Å². The first kappa shape index (κ1) is 17.6. The summed E-state index contributed by atoms with van der Waals surface area (Å²) in [6.07, 6.45) is 3.85. The van der Waals surface area contributed by atoms with Crippen molar-refractivity contribution in [3.05, 3.63) is 29.8 Å². The van der Waals surface area contributed by atoms with Gasteiger partial charge in [-0.2, -0.15) is 0 Å². The predicted molar refractivity (Wildman–Crippen MR) is 97.1 cm³/mol. The highest BCUT2D eigenvalue weighted by molar-refractivity contribution is 5.85. The Hall–Kier alpha value is -0.770. The lowest BCUT2D eigenvalue weighted by molar-refractivity contribution is 0.148.